The van der Waals surface area contributed by atoms with E-state index in [2.05, 4.69) is 30.7 Å². The molecule has 1 aliphatic rings. The molecule has 0 amide bonds. The van der Waals surface area contributed by atoms with Crippen molar-refractivity contribution in [2.24, 2.45) is 4.99 Å². The van der Waals surface area contributed by atoms with Crippen molar-refractivity contribution in [2.75, 3.05) is 20.1 Å². The lowest BCUT2D eigenvalue weighted by Crippen LogP contribution is -2.19. The molecule has 0 atom stereocenters. The molecule has 0 bridgehead atoms. The average Bonchev–Trinajstić information content (AvgIpc) is 2.67. The number of hydrogen-bond donors (Lipinski definition) is 0. The minimum Gasteiger partial charge on any atom is -0.375 e. The molecule has 1 aliphatic heterocycles. The predicted octanol–water partition coefficient (Wildman–Crippen LogP) is 2.47. The Morgan fingerprint density at radius 2 is 1.62 bits per heavy atom. The molecule has 1 heterocycles. The van der Waals surface area contributed by atoms with E-state index >= 15 is 0 Å². The minimum absolute atomic E-state index is 1.16. The van der Waals surface area contributed by atoms with Crippen LogP contribution in [0.2, 0.25) is 0 Å². The van der Waals surface area contributed by atoms with Gasteiger partial charge in [-0.1, -0.05) is 0 Å². The molecule has 0 aromatic heterocycles. The van der Waals surface area contributed by atoms with Crippen LogP contribution >= 0.6 is 0 Å². The maximum absolute atomic E-state index is 4.21. The first-order valence-electron chi connectivity index (χ1n) is 5.03. The van der Waals surface area contributed by atoms with Gasteiger partial charge in [0.05, 0.1) is 0 Å². The fraction of sp³-hybridized carbons (Fsp3) is 0.727. The number of aliphatic imine (C=N–C) groups is 1. The number of allylic oxidation sites excluding steroid dienone is 2. The van der Waals surface area contributed by atoms with E-state index in [9.17, 15) is 0 Å². The van der Waals surface area contributed by atoms with E-state index in [1.807, 2.05) is 7.05 Å². The highest BCUT2D eigenvalue weighted by Crippen LogP contribution is 2.17. The Balaban J connectivity index is 2.77. The van der Waals surface area contributed by atoms with E-state index in [-0.39, 0.29) is 0 Å². The van der Waals surface area contributed by atoms with Crippen molar-refractivity contribution in [2.45, 2.75) is 33.6 Å². The smallest absolute Gasteiger partial charge is 0.0360 e. The number of likely N-dealkylation sites (tertiary alicyclic amines) is 1. The van der Waals surface area contributed by atoms with Crippen molar-refractivity contribution in [1.82, 2.24) is 4.90 Å². The molecule has 0 aromatic carbocycles. The third-order valence-electron chi connectivity index (χ3n) is 3.00. The van der Waals surface area contributed by atoms with Crippen molar-refractivity contribution >= 4 is 5.71 Å². The van der Waals surface area contributed by atoms with Crippen LogP contribution < -0.4 is 0 Å². The topological polar surface area (TPSA) is 15.6 Å². The van der Waals surface area contributed by atoms with Crippen molar-refractivity contribution in [3.8, 4) is 0 Å². The van der Waals surface area contributed by atoms with Crippen LogP contribution in [0.25, 0.3) is 0 Å². The highest BCUT2D eigenvalue weighted by Gasteiger charge is 2.13. The Morgan fingerprint density at radius 1 is 1.08 bits per heavy atom. The largest absolute Gasteiger partial charge is 0.375 e. The highest BCUT2D eigenvalue weighted by molar-refractivity contribution is 5.98. The fourth-order valence-electron chi connectivity index (χ4n) is 1.72. The van der Waals surface area contributed by atoms with Crippen LogP contribution in [0.15, 0.2) is 16.3 Å². The van der Waals surface area contributed by atoms with E-state index in [0.717, 1.165) is 5.71 Å². The normalized spacial score (nSPS) is 20.6. The number of nitrogens with zero attached hydrogens (tertiary/aromatic N) is 2. The average molecular weight is 180 g/mol. The molecule has 0 unspecified atom stereocenters. The Morgan fingerprint density at radius 3 is 2.08 bits per heavy atom. The quantitative estimate of drug-likeness (QED) is 0.596. The zero-order valence-corrected chi connectivity index (χ0v) is 9.22. The van der Waals surface area contributed by atoms with Gasteiger partial charge in [-0.05, 0) is 39.2 Å². The Kier molecular flexibility index (Phi) is 3.52. The molecule has 2 nitrogen and oxygen atoms in total. The lowest BCUT2D eigenvalue weighted by Gasteiger charge is -2.20. The summed E-state index contributed by atoms with van der Waals surface area (Å²) in [7, 11) is 1.86. The predicted molar refractivity (Wildman–Crippen MR) is 58.2 cm³/mol. The summed E-state index contributed by atoms with van der Waals surface area (Å²) >= 11 is 0. The second-order valence-electron chi connectivity index (χ2n) is 3.71. The van der Waals surface area contributed by atoms with Crippen LogP contribution in [0.5, 0.6) is 0 Å². The summed E-state index contributed by atoms with van der Waals surface area (Å²) < 4.78 is 0. The monoisotopic (exact) mass is 180 g/mol. The van der Waals surface area contributed by atoms with Crippen LogP contribution in [0.1, 0.15) is 33.6 Å². The van der Waals surface area contributed by atoms with E-state index in [1.165, 1.54) is 37.2 Å². The minimum atomic E-state index is 1.16. The first kappa shape index (κ1) is 10.3. The molecule has 0 aliphatic carbocycles. The van der Waals surface area contributed by atoms with Crippen molar-refractivity contribution in [1.29, 1.82) is 0 Å². The van der Waals surface area contributed by atoms with Crippen molar-refractivity contribution in [3.63, 3.8) is 0 Å². The van der Waals surface area contributed by atoms with Gasteiger partial charge in [-0.3, -0.25) is 4.99 Å². The Hall–Kier alpha value is -0.790. The van der Waals surface area contributed by atoms with E-state index in [4.69, 9.17) is 0 Å². The van der Waals surface area contributed by atoms with Crippen molar-refractivity contribution < 1.29 is 0 Å². The number of rotatable bonds is 2. The fourth-order valence-corrected chi connectivity index (χ4v) is 1.72. The molecule has 2 heteroatoms. The zero-order valence-electron chi connectivity index (χ0n) is 9.22. The molecule has 74 valence electrons. The van der Waals surface area contributed by atoms with Crippen molar-refractivity contribution in [3.05, 3.63) is 11.3 Å². The zero-order chi connectivity index (χ0) is 9.84. The van der Waals surface area contributed by atoms with Gasteiger partial charge in [0.2, 0.25) is 0 Å². The SMILES string of the molecule is CN=C(C)/C(C)=C(\C)N1CCCC1. The van der Waals surface area contributed by atoms with Crippen LogP contribution in [0.4, 0.5) is 0 Å². The van der Waals surface area contributed by atoms with E-state index in [0.29, 0.717) is 0 Å². The lowest BCUT2D eigenvalue weighted by molar-refractivity contribution is 0.425. The summed E-state index contributed by atoms with van der Waals surface area (Å²) in [5.41, 5.74) is 3.90. The van der Waals surface area contributed by atoms with Gasteiger partial charge in [0.25, 0.3) is 0 Å². The van der Waals surface area contributed by atoms with Gasteiger partial charge in [-0.25, -0.2) is 0 Å². The third-order valence-corrected chi connectivity index (χ3v) is 3.00. The van der Waals surface area contributed by atoms with Crippen LogP contribution in [0.3, 0.4) is 0 Å². The Labute approximate surface area is 81.3 Å². The standard InChI is InChI=1S/C11H20N2/c1-9(10(2)12-4)11(3)13-7-5-6-8-13/h5-8H2,1-4H3/b11-9+,12-10?. The maximum atomic E-state index is 4.21. The second kappa shape index (κ2) is 4.45. The van der Waals surface area contributed by atoms with Gasteiger partial charge in [0.1, 0.15) is 0 Å². The van der Waals surface area contributed by atoms with E-state index in [1.54, 1.807) is 0 Å². The second-order valence-corrected chi connectivity index (χ2v) is 3.71. The molecule has 1 saturated heterocycles. The number of hydrogen-bond acceptors (Lipinski definition) is 2. The summed E-state index contributed by atoms with van der Waals surface area (Å²) in [6, 6.07) is 0. The molecule has 0 aromatic rings. The lowest BCUT2D eigenvalue weighted by atomic mass is 10.1. The summed E-state index contributed by atoms with van der Waals surface area (Å²) in [5.74, 6) is 0. The van der Waals surface area contributed by atoms with Gasteiger partial charge in [-0.15, -0.1) is 0 Å². The molecular formula is C11H20N2. The van der Waals surface area contributed by atoms with Crippen LogP contribution in [-0.2, 0) is 0 Å². The molecular weight excluding hydrogens is 160 g/mol. The summed E-state index contributed by atoms with van der Waals surface area (Å²) in [6.07, 6.45) is 2.68. The van der Waals surface area contributed by atoms with Crippen LogP contribution in [0, 0.1) is 0 Å². The molecule has 0 saturated carbocycles. The van der Waals surface area contributed by atoms with Gasteiger partial charge >= 0.3 is 0 Å². The molecule has 0 spiro atoms. The molecule has 1 rings (SSSR count). The molecule has 1 fully saturated rings. The van der Waals surface area contributed by atoms with Crippen LogP contribution in [-0.4, -0.2) is 30.7 Å². The summed E-state index contributed by atoms with van der Waals surface area (Å²) in [6.45, 7) is 8.89. The maximum Gasteiger partial charge on any atom is 0.0360 e. The first-order valence-corrected chi connectivity index (χ1v) is 5.03. The third kappa shape index (κ3) is 2.33. The molecule has 0 radical (unpaired) electrons. The van der Waals surface area contributed by atoms with Gasteiger partial charge in [0.15, 0.2) is 0 Å². The van der Waals surface area contributed by atoms with Gasteiger partial charge in [0, 0.05) is 31.5 Å². The van der Waals surface area contributed by atoms with Gasteiger partial charge < -0.3 is 4.90 Å². The highest BCUT2D eigenvalue weighted by atomic mass is 15.1. The summed E-state index contributed by atoms with van der Waals surface area (Å²) in [4.78, 5) is 6.68. The Bertz CT molecular complexity index is 232. The van der Waals surface area contributed by atoms with E-state index < -0.39 is 0 Å². The summed E-state index contributed by atoms with van der Waals surface area (Å²) in [5, 5.41) is 0. The molecule has 0 N–H and O–H groups in total. The first-order chi connectivity index (χ1) is 6.16. The molecule has 13 heavy (non-hydrogen) atoms. The van der Waals surface area contributed by atoms with Gasteiger partial charge in [-0.2, -0.15) is 0 Å².